The van der Waals surface area contributed by atoms with Gasteiger partial charge in [-0.2, -0.15) is 0 Å². The molecule has 0 aliphatic carbocycles. The van der Waals surface area contributed by atoms with Gasteiger partial charge in [-0.3, -0.25) is 14.9 Å². The van der Waals surface area contributed by atoms with Crippen LogP contribution in [0, 0.1) is 10.1 Å². The summed E-state index contributed by atoms with van der Waals surface area (Å²) >= 11 is 0. The average Bonchev–Trinajstić information content (AvgIpc) is 2.60. The Hall–Kier alpha value is -2.61. The molecule has 2 aliphatic heterocycles. The first-order valence-electron chi connectivity index (χ1n) is 8.24. The Bertz CT molecular complexity index is 704. The number of nitro groups is 1. The second-order valence-electron chi connectivity index (χ2n) is 6.52. The third kappa shape index (κ3) is 3.74. The van der Waals surface area contributed by atoms with Crippen molar-refractivity contribution in [3.63, 3.8) is 0 Å². The van der Waals surface area contributed by atoms with E-state index in [1.807, 2.05) is 30.0 Å². The lowest BCUT2D eigenvalue weighted by molar-refractivity contribution is -0.384. The molecule has 8 heteroatoms. The summed E-state index contributed by atoms with van der Waals surface area (Å²) in [5, 5.41) is 10.9. The van der Waals surface area contributed by atoms with Gasteiger partial charge in [0.1, 0.15) is 12.4 Å². The summed E-state index contributed by atoms with van der Waals surface area (Å²) in [7, 11) is 3.91. The number of non-ortho nitro benzene ring substituents is 1. The predicted molar refractivity (Wildman–Crippen MR) is 94.0 cm³/mol. The van der Waals surface area contributed by atoms with Gasteiger partial charge in [0.15, 0.2) is 0 Å². The van der Waals surface area contributed by atoms with E-state index >= 15 is 0 Å². The minimum atomic E-state index is -0.424. The second kappa shape index (κ2) is 7.10. The Labute approximate surface area is 146 Å². The highest BCUT2D eigenvalue weighted by molar-refractivity contribution is 5.88. The van der Waals surface area contributed by atoms with Crippen LogP contribution in [0.2, 0.25) is 0 Å². The van der Waals surface area contributed by atoms with Crippen LogP contribution >= 0.6 is 0 Å². The largest absolute Gasteiger partial charge is 0.489 e. The van der Waals surface area contributed by atoms with Crippen LogP contribution in [0.25, 0.3) is 0 Å². The first-order chi connectivity index (χ1) is 12.0. The van der Waals surface area contributed by atoms with Crippen molar-refractivity contribution in [3.8, 4) is 5.75 Å². The molecule has 3 rings (SSSR count). The molecule has 1 amide bonds. The molecule has 0 radical (unpaired) electrons. The molecule has 0 saturated carbocycles. The highest BCUT2D eigenvalue weighted by atomic mass is 16.6. The Morgan fingerprint density at radius 3 is 2.96 bits per heavy atom. The summed E-state index contributed by atoms with van der Waals surface area (Å²) in [6.45, 7) is 3.04. The van der Waals surface area contributed by atoms with Gasteiger partial charge in [-0.05, 0) is 20.2 Å². The summed E-state index contributed by atoms with van der Waals surface area (Å²) in [4.78, 5) is 28.8. The number of amides is 1. The van der Waals surface area contributed by atoms with E-state index in [0.717, 1.165) is 12.2 Å². The van der Waals surface area contributed by atoms with Gasteiger partial charge in [-0.1, -0.05) is 6.08 Å². The van der Waals surface area contributed by atoms with Crippen LogP contribution < -0.4 is 9.64 Å². The summed E-state index contributed by atoms with van der Waals surface area (Å²) in [5.74, 6) is 0.548. The van der Waals surface area contributed by atoms with E-state index < -0.39 is 4.92 Å². The van der Waals surface area contributed by atoms with Crippen LogP contribution in [-0.4, -0.2) is 73.6 Å². The molecule has 2 aliphatic rings. The number of benzene rings is 1. The first kappa shape index (κ1) is 17.2. The summed E-state index contributed by atoms with van der Waals surface area (Å²) in [6, 6.07) is 4.75. The van der Waals surface area contributed by atoms with Crippen molar-refractivity contribution in [3.05, 3.63) is 40.5 Å². The number of carbonyl (C=O) groups is 1. The molecule has 0 N–H and O–H groups in total. The van der Waals surface area contributed by atoms with Crippen LogP contribution in [0.1, 0.15) is 0 Å². The Morgan fingerprint density at radius 2 is 2.24 bits per heavy atom. The number of nitro benzene ring substituents is 1. The number of fused-ring (bicyclic) bond motifs is 3. The van der Waals surface area contributed by atoms with Crippen LogP contribution in [0.4, 0.5) is 11.4 Å². The molecular weight excluding hydrogens is 324 g/mol. The second-order valence-corrected chi connectivity index (χ2v) is 6.52. The molecule has 1 aromatic rings. The van der Waals surface area contributed by atoms with Gasteiger partial charge < -0.3 is 19.4 Å². The lowest BCUT2D eigenvalue weighted by Crippen LogP contribution is -2.58. The maximum Gasteiger partial charge on any atom is 0.273 e. The number of nitrogens with zero attached hydrogens (tertiary/aromatic N) is 4. The average molecular weight is 346 g/mol. The highest BCUT2D eigenvalue weighted by Gasteiger charge is 2.34. The van der Waals surface area contributed by atoms with Crippen molar-refractivity contribution in [2.24, 2.45) is 0 Å². The van der Waals surface area contributed by atoms with Crippen molar-refractivity contribution >= 4 is 17.3 Å². The van der Waals surface area contributed by atoms with Gasteiger partial charge in [-0.15, -0.1) is 0 Å². The number of piperazine rings is 1. The Balaban J connectivity index is 1.68. The normalized spacial score (nSPS) is 19.6. The SMILES string of the molecule is CN(C)C/C=C/C(=O)N1CCN2c3ccc([N+](=O)[O-])cc3OC[C@H]2C1. The molecule has 1 atom stereocenters. The zero-order valence-corrected chi connectivity index (χ0v) is 14.4. The van der Waals surface area contributed by atoms with Gasteiger partial charge in [0.25, 0.3) is 5.69 Å². The van der Waals surface area contributed by atoms with Gasteiger partial charge in [-0.25, -0.2) is 0 Å². The minimum absolute atomic E-state index is 0.0102. The van der Waals surface area contributed by atoms with Crippen molar-refractivity contribution in [1.29, 1.82) is 0 Å². The summed E-state index contributed by atoms with van der Waals surface area (Å²) in [5.41, 5.74) is 0.883. The van der Waals surface area contributed by atoms with E-state index in [1.165, 1.54) is 12.1 Å². The minimum Gasteiger partial charge on any atom is -0.489 e. The third-order valence-corrected chi connectivity index (χ3v) is 4.42. The number of anilines is 1. The Kier molecular flexibility index (Phi) is 4.89. The quantitative estimate of drug-likeness (QED) is 0.462. The number of hydrogen-bond acceptors (Lipinski definition) is 6. The molecule has 0 unspecified atom stereocenters. The fraction of sp³-hybridized carbons (Fsp3) is 0.471. The monoisotopic (exact) mass is 346 g/mol. The molecular formula is C17H22N4O4. The number of rotatable bonds is 4. The molecule has 0 aromatic heterocycles. The lowest BCUT2D eigenvalue weighted by Gasteiger charge is -2.45. The van der Waals surface area contributed by atoms with Crippen molar-refractivity contribution in [1.82, 2.24) is 9.80 Å². The Morgan fingerprint density at radius 1 is 1.44 bits per heavy atom. The van der Waals surface area contributed by atoms with Crippen LogP contribution in [0.3, 0.4) is 0 Å². The topological polar surface area (TPSA) is 79.2 Å². The predicted octanol–water partition coefficient (Wildman–Crippen LogP) is 1.12. The smallest absolute Gasteiger partial charge is 0.273 e. The fourth-order valence-electron chi connectivity index (χ4n) is 3.14. The van der Waals surface area contributed by atoms with Crippen LogP contribution in [-0.2, 0) is 4.79 Å². The zero-order chi connectivity index (χ0) is 18.0. The molecule has 1 aromatic carbocycles. The molecule has 0 spiro atoms. The molecule has 1 saturated heterocycles. The van der Waals surface area contributed by atoms with Crippen molar-refractivity contribution < 1.29 is 14.5 Å². The number of ether oxygens (including phenoxy) is 1. The maximum atomic E-state index is 12.3. The number of carbonyl (C=O) groups excluding carboxylic acids is 1. The number of likely N-dealkylation sites (N-methyl/N-ethyl adjacent to an activating group) is 1. The van der Waals surface area contributed by atoms with Crippen LogP contribution in [0.5, 0.6) is 5.75 Å². The standard InChI is InChI=1S/C17H22N4O4/c1-18(2)7-3-4-17(22)19-8-9-20-14(11-19)12-25-16-10-13(21(23)24)5-6-15(16)20/h3-6,10,14H,7-9,11-12H2,1-2H3/b4-3+/t14-/m1/s1. The van der Waals surface area contributed by atoms with E-state index in [1.54, 1.807) is 12.1 Å². The van der Waals surface area contributed by atoms with Crippen molar-refractivity contribution in [2.45, 2.75) is 6.04 Å². The van der Waals surface area contributed by atoms with E-state index in [2.05, 4.69) is 4.90 Å². The molecule has 134 valence electrons. The van der Waals surface area contributed by atoms with Gasteiger partial charge in [0.2, 0.25) is 5.91 Å². The maximum absolute atomic E-state index is 12.3. The summed E-state index contributed by atoms with van der Waals surface area (Å²) in [6.07, 6.45) is 3.48. The van der Waals surface area contributed by atoms with Crippen LogP contribution in [0.15, 0.2) is 30.4 Å². The third-order valence-electron chi connectivity index (χ3n) is 4.42. The van der Waals surface area contributed by atoms with Gasteiger partial charge in [0, 0.05) is 38.3 Å². The summed E-state index contributed by atoms with van der Waals surface area (Å²) < 4.78 is 5.72. The first-order valence-corrected chi connectivity index (χ1v) is 8.24. The van der Waals surface area contributed by atoms with E-state index in [9.17, 15) is 14.9 Å². The van der Waals surface area contributed by atoms with E-state index in [4.69, 9.17) is 4.74 Å². The van der Waals surface area contributed by atoms with E-state index in [0.29, 0.717) is 32.0 Å². The lowest BCUT2D eigenvalue weighted by atomic mass is 10.1. The fourth-order valence-corrected chi connectivity index (χ4v) is 3.14. The number of hydrogen-bond donors (Lipinski definition) is 0. The van der Waals surface area contributed by atoms with Crippen molar-refractivity contribution in [2.75, 3.05) is 51.8 Å². The molecule has 8 nitrogen and oxygen atoms in total. The van der Waals surface area contributed by atoms with E-state index in [-0.39, 0.29) is 17.6 Å². The van der Waals surface area contributed by atoms with Gasteiger partial charge >= 0.3 is 0 Å². The molecule has 0 bridgehead atoms. The van der Waals surface area contributed by atoms with Gasteiger partial charge in [0.05, 0.1) is 22.7 Å². The molecule has 1 fully saturated rings. The molecule has 25 heavy (non-hydrogen) atoms. The zero-order valence-electron chi connectivity index (χ0n) is 14.4. The molecule has 2 heterocycles. The highest BCUT2D eigenvalue weighted by Crippen LogP contribution is 2.37.